The van der Waals surface area contributed by atoms with Gasteiger partial charge in [0.05, 0.1) is 0 Å². The van der Waals surface area contributed by atoms with Crippen LogP contribution in [0, 0.1) is 0 Å². The largest absolute Gasteiger partial charge is 0.475 e. The molecule has 1 heterocycles. The van der Waals surface area contributed by atoms with Gasteiger partial charge in [0.25, 0.3) is 0 Å². The van der Waals surface area contributed by atoms with Crippen molar-refractivity contribution in [2.24, 2.45) is 0 Å². The summed E-state index contributed by atoms with van der Waals surface area (Å²) in [7, 11) is 0. The minimum Gasteiger partial charge on any atom is -0.475 e. The maximum absolute atomic E-state index is 10.4. The number of hydrogen-bond acceptors (Lipinski definition) is 3. The van der Waals surface area contributed by atoms with E-state index in [9.17, 15) is 4.79 Å². The Kier molecular flexibility index (Phi) is 3.37. The van der Waals surface area contributed by atoms with Crippen molar-refractivity contribution in [1.29, 1.82) is 0 Å². The van der Waals surface area contributed by atoms with Gasteiger partial charge in [-0.1, -0.05) is 13.3 Å². The molecule has 0 aliphatic carbocycles. The Labute approximate surface area is 76.7 Å². The lowest BCUT2D eigenvalue weighted by atomic mass is 10.1. The topological polar surface area (TPSA) is 63.1 Å². The van der Waals surface area contributed by atoms with Crippen molar-refractivity contribution in [3.63, 3.8) is 0 Å². The molecule has 70 valence electrons. The fraction of sp³-hybridized carbons (Fsp3) is 0.444. The molecule has 0 saturated heterocycles. The second-order valence-electron chi connectivity index (χ2n) is 2.82. The molecule has 0 radical (unpaired) electrons. The molecule has 0 aliphatic heterocycles. The summed E-state index contributed by atoms with van der Waals surface area (Å²) in [6, 6.07) is 0. The zero-order chi connectivity index (χ0) is 9.68. The van der Waals surface area contributed by atoms with E-state index in [1.165, 1.54) is 0 Å². The van der Waals surface area contributed by atoms with Crippen molar-refractivity contribution in [3.05, 3.63) is 23.8 Å². The first kappa shape index (κ1) is 9.64. The third-order valence-corrected chi connectivity index (χ3v) is 1.72. The van der Waals surface area contributed by atoms with Crippen LogP contribution in [0.5, 0.6) is 0 Å². The highest BCUT2D eigenvalue weighted by atomic mass is 16.4. The lowest BCUT2D eigenvalue weighted by Gasteiger charge is -1.98. The zero-order valence-electron chi connectivity index (χ0n) is 7.53. The Balaban J connectivity index is 2.64. The van der Waals surface area contributed by atoms with Crippen LogP contribution in [0.3, 0.4) is 0 Å². The Bertz CT molecular complexity index is 282. The van der Waals surface area contributed by atoms with Crippen LogP contribution in [0.2, 0.25) is 0 Å². The normalized spacial score (nSPS) is 9.92. The maximum atomic E-state index is 10.4. The number of aromatic carboxylic acids is 1. The molecule has 0 saturated carbocycles. The van der Waals surface area contributed by atoms with Crippen molar-refractivity contribution in [1.82, 2.24) is 9.97 Å². The molecule has 13 heavy (non-hydrogen) atoms. The minimum absolute atomic E-state index is 0.139. The molecular formula is C9H12N2O2. The van der Waals surface area contributed by atoms with Crippen LogP contribution >= 0.6 is 0 Å². The average molecular weight is 180 g/mol. The highest BCUT2D eigenvalue weighted by Gasteiger charge is 2.04. The summed E-state index contributed by atoms with van der Waals surface area (Å²) >= 11 is 0. The minimum atomic E-state index is -1.08. The van der Waals surface area contributed by atoms with Gasteiger partial charge in [0.15, 0.2) is 0 Å². The van der Waals surface area contributed by atoms with Crippen molar-refractivity contribution < 1.29 is 9.90 Å². The van der Waals surface area contributed by atoms with Gasteiger partial charge in [-0.15, -0.1) is 0 Å². The van der Waals surface area contributed by atoms with E-state index in [0.29, 0.717) is 0 Å². The molecule has 1 aromatic heterocycles. The summed E-state index contributed by atoms with van der Waals surface area (Å²) in [6.07, 6.45) is 6.26. The van der Waals surface area contributed by atoms with Gasteiger partial charge in [-0.3, -0.25) is 0 Å². The first-order valence-corrected chi connectivity index (χ1v) is 4.28. The van der Waals surface area contributed by atoms with Crippen LogP contribution in [-0.4, -0.2) is 21.0 Å². The molecule has 0 fully saturated rings. The lowest BCUT2D eigenvalue weighted by molar-refractivity contribution is 0.0683. The molecule has 1 N–H and O–H groups in total. The van der Waals surface area contributed by atoms with Gasteiger partial charge >= 0.3 is 5.97 Å². The number of carbonyl (C=O) groups is 1. The number of aromatic nitrogens is 2. The Morgan fingerprint density at radius 3 is 2.54 bits per heavy atom. The van der Waals surface area contributed by atoms with Crippen molar-refractivity contribution in [2.45, 2.75) is 26.2 Å². The Morgan fingerprint density at radius 1 is 1.46 bits per heavy atom. The van der Waals surface area contributed by atoms with E-state index in [4.69, 9.17) is 5.11 Å². The average Bonchev–Trinajstić information content (AvgIpc) is 2.15. The van der Waals surface area contributed by atoms with Crippen LogP contribution in [0.4, 0.5) is 0 Å². The van der Waals surface area contributed by atoms with Gasteiger partial charge in [0, 0.05) is 12.4 Å². The predicted octanol–water partition coefficient (Wildman–Crippen LogP) is 1.52. The number of unbranched alkanes of at least 4 members (excludes halogenated alkanes) is 1. The van der Waals surface area contributed by atoms with Gasteiger partial charge in [-0.05, 0) is 18.4 Å². The van der Waals surface area contributed by atoms with Crippen molar-refractivity contribution in [2.75, 3.05) is 0 Å². The summed E-state index contributed by atoms with van der Waals surface area (Å²) in [5, 5.41) is 8.53. The number of carboxylic acid groups (broad SMARTS) is 1. The zero-order valence-corrected chi connectivity index (χ0v) is 7.53. The maximum Gasteiger partial charge on any atom is 0.373 e. The molecule has 0 amide bonds. The summed E-state index contributed by atoms with van der Waals surface area (Å²) < 4.78 is 0. The molecule has 4 nitrogen and oxygen atoms in total. The quantitative estimate of drug-likeness (QED) is 0.763. The summed E-state index contributed by atoms with van der Waals surface area (Å²) in [6.45, 7) is 2.10. The van der Waals surface area contributed by atoms with Gasteiger partial charge < -0.3 is 5.11 Å². The van der Waals surface area contributed by atoms with Gasteiger partial charge in [-0.2, -0.15) is 0 Å². The third kappa shape index (κ3) is 2.82. The van der Waals surface area contributed by atoms with Gasteiger partial charge in [0.2, 0.25) is 5.82 Å². The highest BCUT2D eigenvalue weighted by Crippen LogP contribution is 2.02. The molecule has 0 spiro atoms. The fourth-order valence-electron chi connectivity index (χ4n) is 0.975. The lowest BCUT2D eigenvalue weighted by Crippen LogP contribution is -2.04. The molecule has 1 rings (SSSR count). The van der Waals surface area contributed by atoms with Crippen LogP contribution in [0.15, 0.2) is 12.4 Å². The van der Waals surface area contributed by atoms with E-state index in [1.807, 2.05) is 0 Å². The molecular weight excluding hydrogens is 168 g/mol. The molecule has 4 heteroatoms. The smallest absolute Gasteiger partial charge is 0.373 e. The molecule has 0 aliphatic rings. The summed E-state index contributed by atoms with van der Waals surface area (Å²) in [5.41, 5.74) is 0.992. The van der Waals surface area contributed by atoms with E-state index in [2.05, 4.69) is 16.9 Å². The number of carboxylic acids is 1. The Morgan fingerprint density at radius 2 is 2.08 bits per heavy atom. The summed E-state index contributed by atoms with van der Waals surface area (Å²) in [4.78, 5) is 17.8. The van der Waals surface area contributed by atoms with Crippen LogP contribution in [0.25, 0.3) is 0 Å². The SMILES string of the molecule is CCCCc1cnc(C(=O)O)nc1. The van der Waals surface area contributed by atoms with Crippen molar-refractivity contribution in [3.8, 4) is 0 Å². The summed E-state index contributed by atoms with van der Waals surface area (Å²) in [5.74, 6) is -1.22. The van der Waals surface area contributed by atoms with Crippen LogP contribution in [0.1, 0.15) is 35.9 Å². The first-order valence-electron chi connectivity index (χ1n) is 4.28. The van der Waals surface area contributed by atoms with E-state index >= 15 is 0 Å². The predicted molar refractivity (Wildman–Crippen MR) is 47.6 cm³/mol. The second-order valence-corrected chi connectivity index (χ2v) is 2.82. The van der Waals surface area contributed by atoms with Crippen LogP contribution < -0.4 is 0 Å². The first-order chi connectivity index (χ1) is 6.24. The standard InChI is InChI=1S/C9H12N2O2/c1-2-3-4-7-5-10-8(9(12)13)11-6-7/h5-6H,2-4H2,1H3,(H,12,13). The second kappa shape index (κ2) is 4.54. The van der Waals surface area contributed by atoms with Crippen molar-refractivity contribution >= 4 is 5.97 Å². The van der Waals surface area contributed by atoms with E-state index in [1.54, 1.807) is 12.4 Å². The molecule has 0 aromatic carbocycles. The fourth-order valence-corrected chi connectivity index (χ4v) is 0.975. The van der Waals surface area contributed by atoms with E-state index in [0.717, 1.165) is 24.8 Å². The number of hydrogen-bond donors (Lipinski definition) is 1. The molecule has 0 bridgehead atoms. The Hall–Kier alpha value is -1.45. The van der Waals surface area contributed by atoms with E-state index in [-0.39, 0.29) is 5.82 Å². The number of nitrogens with zero attached hydrogens (tertiary/aromatic N) is 2. The highest BCUT2D eigenvalue weighted by molar-refractivity contribution is 5.82. The van der Waals surface area contributed by atoms with Gasteiger partial charge in [0.1, 0.15) is 0 Å². The van der Waals surface area contributed by atoms with Crippen LogP contribution in [-0.2, 0) is 6.42 Å². The molecule has 0 unspecified atom stereocenters. The monoisotopic (exact) mass is 180 g/mol. The number of rotatable bonds is 4. The molecule has 1 aromatic rings. The number of aryl methyl sites for hydroxylation is 1. The van der Waals surface area contributed by atoms with E-state index < -0.39 is 5.97 Å². The molecule has 0 atom stereocenters. The van der Waals surface area contributed by atoms with Gasteiger partial charge in [-0.25, -0.2) is 14.8 Å². The third-order valence-electron chi connectivity index (χ3n) is 1.72.